The van der Waals surface area contributed by atoms with Crippen molar-refractivity contribution in [2.75, 3.05) is 14.2 Å². The summed E-state index contributed by atoms with van der Waals surface area (Å²) < 4.78 is 10.3. The molecule has 2 aromatic heterocycles. The van der Waals surface area contributed by atoms with Crippen molar-refractivity contribution in [3.05, 3.63) is 95.3 Å². The molecule has 4 rings (SSSR count). The van der Waals surface area contributed by atoms with Crippen LogP contribution in [0.5, 0.6) is 23.0 Å². The number of nitrogens with zero attached hydrogens (tertiary/aromatic N) is 1. The number of H-pyrrole nitrogens is 1. The van der Waals surface area contributed by atoms with E-state index >= 15 is 0 Å². The number of hydrogen-bond donors (Lipinski definition) is 2. The van der Waals surface area contributed by atoms with Gasteiger partial charge in [0.1, 0.15) is 5.69 Å². The van der Waals surface area contributed by atoms with E-state index in [0.717, 1.165) is 22.5 Å². The molecule has 0 unspecified atom stereocenters. The van der Waals surface area contributed by atoms with Gasteiger partial charge in [-0.25, -0.2) is 9.97 Å². The van der Waals surface area contributed by atoms with Crippen LogP contribution in [-0.2, 0) is 0 Å². The molecular formula is C28H25N2O4+. The van der Waals surface area contributed by atoms with E-state index in [1.54, 1.807) is 18.3 Å². The van der Waals surface area contributed by atoms with E-state index in [0.29, 0.717) is 22.6 Å². The van der Waals surface area contributed by atoms with Gasteiger partial charge in [0.2, 0.25) is 5.69 Å². The van der Waals surface area contributed by atoms with Crippen molar-refractivity contribution < 1.29 is 24.7 Å². The Bertz CT molecular complexity index is 1260. The van der Waals surface area contributed by atoms with Crippen molar-refractivity contribution in [3.8, 4) is 34.4 Å². The summed E-state index contributed by atoms with van der Waals surface area (Å²) in [5, 5.41) is 20.6. The van der Waals surface area contributed by atoms with Crippen LogP contribution in [0.15, 0.2) is 73.1 Å². The van der Waals surface area contributed by atoms with Crippen LogP contribution in [0.25, 0.3) is 35.7 Å². The van der Waals surface area contributed by atoms with Crippen molar-refractivity contribution in [2.45, 2.75) is 0 Å². The first-order valence-corrected chi connectivity index (χ1v) is 10.7. The lowest BCUT2D eigenvalue weighted by Gasteiger charge is -2.05. The van der Waals surface area contributed by atoms with Crippen molar-refractivity contribution in [1.82, 2.24) is 4.98 Å². The van der Waals surface area contributed by atoms with Gasteiger partial charge in [-0.2, -0.15) is 0 Å². The standard InChI is InChI=1S/C28H24N2O4/c1-33-25-7-3-5-21(27(25)31)11-9-19-13-15-29-23(17-19)24-18-20(14-16-30-24)10-12-22-6-4-8-26(34-2)28(22)32/h3-18,31-32H,1-2H3/p+1/b11-9+,12-10+. The van der Waals surface area contributed by atoms with Crippen LogP contribution in [-0.4, -0.2) is 29.4 Å². The maximum Gasteiger partial charge on any atom is 0.230 e. The van der Waals surface area contributed by atoms with Crippen LogP contribution in [0.3, 0.4) is 0 Å². The molecule has 0 spiro atoms. The van der Waals surface area contributed by atoms with Gasteiger partial charge in [-0.15, -0.1) is 0 Å². The van der Waals surface area contributed by atoms with Gasteiger partial charge in [-0.3, -0.25) is 0 Å². The minimum absolute atomic E-state index is 0.102. The Balaban J connectivity index is 1.57. The van der Waals surface area contributed by atoms with Crippen LogP contribution in [0.4, 0.5) is 0 Å². The number of hydrogen-bond acceptors (Lipinski definition) is 5. The smallest absolute Gasteiger partial charge is 0.230 e. The van der Waals surface area contributed by atoms with Crippen molar-refractivity contribution in [3.63, 3.8) is 0 Å². The molecule has 4 aromatic rings. The molecule has 0 bridgehead atoms. The summed E-state index contributed by atoms with van der Waals surface area (Å²) in [4.78, 5) is 7.72. The van der Waals surface area contributed by atoms with Gasteiger partial charge in [0.25, 0.3) is 0 Å². The summed E-state index contributed by atoms with van der Waals surface area (Å²) in [5.74, 6) is 1.07. The predicted molar refractivity (Wildman–Crippen MR) is 133 cm³/mol. The number of aromatic amines is 1. The number of ether oxygens (including phenoxy) is 2. The second-order valence-corrected chi connectivity index (χ2v) is 7.47. The Morgan fingerprint density at radius 2 is 1.32 bits per heavy atom. The molecule has 2 heterocycles. The van der Waals surface area contributed by atoms with Gasteiger partial charge >= 0.3 is 0 Å². The van der Waals surface area contributed by atoms with Crippen molar-refractivity contribution in [1.29, 1.82) is 0 Å². The molecule has 0 radical (unpaired) electrons. The topological polar surface area (TPSA) is 86.0 Å². The molecule has 0 aliphatic heterocycles. The highest BCUT2D eigenvalue weighted by Crippen LogP contribution is 2.31. The Kier molecular flexibility index (Phi) is 6.89. The number of pyridine rings is 2. The lowest BCUT2D eigenvalue weighted by Crippen LogP contribution is -2.06. The van der Waals surface area contributed by atoms with Crippen LogP contribution < -0.4 is 14.5 Å². The second kappa shape index (κ2) is 10.4. The largest absolute Gasteiger partial charge is 0.504 e. The first-order valence-electron chi connectivity index (χ1n) is 10.7. The highest BCUT2D eigenvalue weighted by molar-refractivity contribution is 5.76. The van der Waals surface area contributed by atoms with Gasteiger partial charge in [0.05, 0.1) is 14.2 Å². The number of aromatic hydroxyl groups is 2. The lowest BCUT2D eigenvalue weighted by molar-refractivity contribution is -0.364. The minimum Gasteiger partial charge on any atom is -0.504 e. The maximum atomic E-state index is 10.3. The van der Waals surface area contributed by atoms with Gasteiger partial charge < -0.3 is 19.7 Å². The Labute approximate surface area is 198 Å². The number of phenols is 2. The molecule has 0 saturated carbocycles. The van der Waals surface area contributed by atoms with Crippen LogP contribution in [0.1, 0.15) is 22.3 Å². The summed E-state index contributed by atoms with van der Waals surface area (Å²) in [5.41, 5.74) is 4.83. The number of methoxy groups -OCH3 is 2. The zero-order chi connectivity index (χ0) is 23.9. The van der Waals surface area contributed by atoms with Gasteiger partial charge in [-0.05, 0) is 35.4 Å². The first-order chi connectivity index (χ1) is 16.6. The zero-order valence-corrected chi connectivity index (χ0v) is 18.9. The highest BCUT2D eigenvalue weighted by atomic mass is 16.5. The Morgan fingerprint density at radius 1 is 0.735 bits per heavy atom. The quantitative estimate of drug-likeness (QED) is 0.395. The number of nitrogens with one attached hydrogen (secondary N) is 1. The lowest BCUT2D eigenvalue weighted by atomic mass is 10.1. The van der Waals surface area contributed by atoms with Gasteiger partial charge in [-0.1, -0.05) is 48.6 Å². The molecule has 0 saturated heterocycles. The fourth-order valence-electron chi connectivity index (χ4n) is 3.48. The predicted octanol–water partition coefficient (Wildman–Crippen LogP) is 5.33. The molecule has 0 aliphatic carbocycles. The molecule has 170 valence electrons. The summed E-state index contributed by atoms with van der Waals surface area (Å²) in [7, 11) is 3.05. The van der Waals surface area contributed by atoms with E-state index in [-0.39, 0.29) is 11.5 Å². The third kappa shape index (κ3) is 5.07. The number of para-hydroxylation sites is 2. The maximum absolute atomic E-state index is 10.3. The Hall–Kier alpha value is -4.58. The van der Waals surface area contributed by atoms with Crippen molar-refractivity contribution >= 4 is 24.3 Å². The van der Waals surface area contributed by atoms with E-state index in [4.69, 9.17) is 9.47 Å². The second-order valence-electron chi connectivity index (χ2n) is 7.47. The SMILES string of the molecule is COc1cccc(/C=C/c2ccnc(-c3cc(/C=C/c4cccc(OC)c4O)cc[nH+]3)c2)c1O. The number of aromatic nitrogens is 2. The van der Waals surface area contributed by atoms with Gasteiger partial charge in [0.15, 0.2) is 29.2 Å². The first kappa shape index (κ1) is 22.6. The molecule has 2 aromatic carbocycles. The van der Waals surface area contributed by atoms with Gasteiger partial charge in [0, 0.05) is 29.5 Å². The van der Waals surface area contributed by atoms with E-state index in [9.17, 15) is 10.2 Å². The van der Waals surface area contributed by atoms with Crippen molar-refractivity contribution in [2.24, 2.45) is 0 Å². The van der Waals surface area contributed by atoms with Crippen LogP contribution in [0, 0.1) is 0 Å². The monoisotopic (exact) mass is 453 g/mol. The molecule has 34 heavy (non-hydrogen) atoms. The van der Waals surface area contributed by atoms with E-state index in [1.807, 2.05) is 79.0 Å². The molecule has 0 atom stereocenters. The van der Waals surface area contributed by atoms with Crippen LogP contribution in [0.2, 0.25) is 0 Å². The summed E-state index contributed by atoms with van der Waals surface area (Å²) in [6, 6.07) is 18.5. The molecule has 0 fully saturated rings. The number of phenolic OH excluding ortho intramolecular Hbond substituents is 2. The zero-order valence-electron chi connectivity index (χ0n) is 18.9. The summed E-state index contributed by atoms with van der Waals surface area (Å²) in [6.07, 6.45) is 11.1. The Morgan fingerprint density at radius 3 is 1.91 bits per heavy atom. The molecule has 0 aliphatic rings. The third-order valence-electron chi connectivity index (χ3n) is 5.30. The molecule has 6 heteroatoms. The minimum atomic E-state index is 0.102. The third-order valence-corrected chi connectivity index (χ3v) is 5.30. The highest BCUT2D eigenvalue weighted by Gasteiger charge is 2.09. The number of benzene rings is 2. The molecule has 3 N–H and O–H groups in total. The summed E-state index contributed by atoms with van der Waals surface area (Å²) >= 11 is 0. The van der Waals surface area contributed by atoms with E-state index < -0.39 is 0 Å². The average Bonchev–Trinajstić information content (AvgIpc) is 2.88. The van der Waals surface area contributed by atoms with E-state index in [1.165, 1.54) is 14.2 Å². The average molecular weight is 454 g/mol. The fourth-order valence-corrected chi connectivity index (χ4v) is 3.48. The van der Waals surface area contributed by atoms with Crippen LogP contribution >= 0.6 is 0 Å². The molecule has 6 nitrogen and oxygen atoms in total. The molecular weight excluding hydrogens is 428 g/mol. The summed E-state index contributed by atoms with van der Waals surface area (Å²) in [6.45, 7) is 0. The number of rotatable bonds is 7. The van der Waals surface area contributed by atoms with E-state index in [2.05, 4.69) is 9.97 Å². The normalized spacial score (nSPS) is 11.2. The molecule has 0 amide bonds. The fraction of sp³-hybridized carbons (Fsp3) is 0.0714.